The standard InChI is InChI=1S/C23H31N3OS/c1-4-27-22-13-9-20(10-14-22)25-23(28)24-18(3)19-7-11-21(12-8-19)26-15-5-6-17(2)16-26/h7-14,17-18H,4-6,15-16H2,1-3H3,(H2,24,25,28)/t17-,18+/m0/s1. The second kappa shape index (κ2) is 9.78. The minimum absolute atomic E-state index is 0.136. The molecule has 2 N–H and O–H groups in total. The first-order valence-electron chi connectivity index (χ1n) is 10.2. The molecular weight excluding hydrogens is 366 g/mol. The molecule has 5 heteroatoms. The van der Waals surface area contributed by atoms with Gasteiger partial charge in [0.1, 0.15) is 5.75 Å². The average molecular weight is 398 g/mol. The van der Waals surface area contributed by atoms with Gasteiger partial charge in [0, 0.05) is 24.5 Å². The summed E-state index contributed by atoms with van der Waals surface area (Å²) in [6, 6.07) is 16.8. The highest BCUT2D eigenvalue weighted by Gasteiger charge is 2.17. The van der Waals surface area contributed by atoms with Crippen molar-refractivity contribution >= 4 is 28.7 Å². The lowest BCUT2D eigenvalue weighted by atomic mass is 9.99. The van der Waals surface area contributed by atoms with E-state index >= 15 is 0 Å². The van der Waals surface area contributed by atoms with E-state index in [1.54, 1.807) is 0 Å². The van der Waals surface area contributed by atoms with Gasteiger partial charge in [0.15, 0.2) is 5.11 Å². The minimum atomic E-state index is 0.136. The lowest BCUT2D eigenvalue weighted by Crippen LogP contribution is -2.34. The molecule has 0 aromatic heterocycles. The topological polar surface area (TPSA) is 36.5 Å². The third-order valence-corrected chi connectivity index (χ3v) is 5.41. The van der Waals surface area contributed by atoms with Crippen molar-refractivity contribution in [2.75, 3.05) is 29.9 Å². The lowest BCUT2D eigenvalue weighted by Gasteiger charge is -2.33. The minimum Gasteiger partial charge on any atom is -0.494 e. The van der Waals surface area contributed by atoms with E-state index in [2.05, 4.69) is 53.6 Å². The van der Waals surface area contributed by atoms with E-state index in [0.29, 0.717) is 11.7 Å². The molecule has 1 aliphatic heterocycles. The van der Waals surface area contributed by atoms with E-state index in [4.69, 9.17) is 17.0 Å². The van der Waals surface area contributed by atoms with Crippen LogP contribution in [-0.2, 0) is 0 Å². The molecule has 3 rings (SSSR count). The van der Waals surface area contributed by atoms with Gasteiger partial charge in [0.25, 0.3) is 0 Å². The Balaban J connectivity index is 1.53. The van der Waals surface area contributed by atoms with E-state index in [1.807, 2.05) is 31.2 Å². The van der Waals surface area contributed by atoms with E-state index in [1.165, 1.54) is 24.1 Å². The van der Waals surface area contributed by atoms with Gasteiger partial charge in [0.2, 0.25) is 0 Å². The maximum atomic E-state index is 5.48. The van der Waals surface area contributed by atoms with Crippen LogP contribution in [0.1, 0.15) is 45.2 Å². The Bertz CT molecular complexity index is 760. The Morgan fingerprint density at radius 1 is 1.18 bits per heavy atom. The molecule has 2 aromatic rings. The zero-order chi connectivity index (χ0) is 19.9. The first-order valence-corrected chi connectivity index (χ1v) is 10.6. The second-order valence-corrected chi connectivity index (χ2v) is 7.97. The quantitative estimate of drug-likeness (QED) is 0.641. The van der Waals surface area contributed by atoms with Crippen molar-refractivity contribution < 1.29 is 4.74 Å². The third-order valence-electron chi connectivity index (χ3n) is 5.19. The normalized spacial score (nSPS) is 17.7. The predicted molar refractivity (Wildman–Crippen MR) is 122 cm³/mol. The molecule has 0 bridgehead atoms. The zero-order valence-corrected chi connectivity index (χ0v) is 17.9. The number of ether oxygens (including phenoxy) is 1. The molecule has 150 valence electrons. The van der Waals surface area contributed by atoms with Crippen LogP contribution in [-0.4, -0.2) is 24.8 Å². The highest BCUT2D eigenvalue weighted by Crippen LogP contribution is 2.24. The number of hydrogen-bond acceptors (Lipinski definition) is 3. The summed E-state index contributed by atoms with van der Waals surface area (Å²) in [5.74, 6) is 1.64. The van der Waals surface area contributed by atoms with Crippen LogP contribution in [0.3, 0.4) is 0 Å². The van der Waals surface area contributed by atoms with Gasteiger partial charge in [-0.3, -0.25) is 0 Å². The van der Waals surface area contributed by atoms with Crippen LogP contribution in [0, 0.1) is 5.92 Å². The van der Waals surface area contributed by atoms with Gasteiger partial charge in [0.05, 0.1) is 12.6 Å². The highest BCUT2D eigenvalue weighted by molar-refractivity contribution is 7.80. The molecule has 4 nitrogen and oxygen atoms in total. The summed E-state index contributed by atoms with van der Waals surface area (Å²) >= 11 is 5.48. The van der Waals surface area contributed by atoms with Crippen molar-refractivity contribution in [2.45, 2.75) is 39.7 Å². The fourth-order valence-corrected chi connectivity index (χ4v) is 3.94. The molecule has 2 aromatic carbocycles. The van der Waals surface area contributed by atoms with Crippen molar-refractivity contribution in [1.82, 2.24) is 5.32 Å². The van der Waals surface area contributed by atoms with E-state index in [0.717, 1.165) is 30.4 Å². The molecule has 0 aliphatic carbocycles. The van der Waals surface area contributed by atoms with Gasteiger partial charge in [-0.2, -0.15) is 0 Å². The van der Waals surface area contributed by atoms with Crippen molar-refractivity contribution in [3.63, 3.8) is 0 Å². The Morgan fingerprint density at radius 3 is 2.54 bits per heavy atom. The van der Waals surface area contributed by atoms with Crippen LogP contribution in [0.25, 0.3) is 0 Å². The van der Waals surface area contributed by atoms with Crippen LogP contribution in [0.2, 0.25) is 0 Å². The average Bonchev–Trinajstić information content (AvgIpc) is 2.70. The molecule has 1 fully saturated rings. The molecule has 0 unspecified atom stereocenters. The maximum absolute atomic E-state index is 5.48. The van der Waals surface area contributed by atoms with Crippen LogP contribution in [0.4, 0.5) is 11.4 Å². The first kappa shape index (κ1) is 20.5. The molecule has 2 atom stereocenters. The molecule has 1 heterocycles. The number of anilines is 2. The number of benzene rings is 2. The van der Waals surface area contributed by atoms with Crippen LogP contribution >= 0.6 is 12.2 Å². The molecule has 1 aliphatic rings. The van der Waals surface area contributed by atoms with Crippen LogP contribution in [0.5, 0.6) is 5.75 Å². The smallest absolute Gasteiger partial charge is 0.171 e. The number of nitrogens with one attached hydrogen (secondary N) is 2. The molecule has 0 spiro atoms. The molecule has 1 saturated heterocycles. The van der Waals surface area contributed by atoms with Crippen LogP contribution < -0.4 is 20.3 Å². The summed E-state index contributed by atoms with van der Waals surface area (Å²) in [6.07, 6.45) is 2.63. The largest absolute Gasteiger partial charge is 0.494 e. The summed E-state index contributed by atoms with van der Waals surface area (Å²) < 4.78 is 5.47. The molecule has 0 radical (unpaired) electrons. The number of nitrogens with zero attached hydrogens (tertiary/aromatic N) is 1. The second-order valence-electron chi connectivity index (χ2n) is 7.56. The van der Waals surface area contributed by atoms with E-state index in [-0.39, 0.29) is 6.04 Å². The van der Waals surface area contributed by atoms with Crippen molar-refractivity contribution in [2.24, 2.45) is 5.92 Å². The Hall–Kier alpha value is -2.27. The number of thiocarbonyl (C=S) groups is 1. The molecule has 0 saturated carbocycles. The zero-order valence-electron chi connectivity index (χ0n) is 17.1. The Morgan fingerprint density at radius 2 is 1.89 bits per heavy atom. The van der Waals surface area contributed by atoms with Gasteiger partial charge in [-0.15, -0.1) is 0 Å². The van der Waals surface area contributed by atoms with E-state index < -0.39 is 0 Å². The third kappa shape index (κ3) is 5.61. The summed E-state index contributed by atoms with van der Waals surface area (Å²) in [4.78, 5) is 2.49. The van der Waals surface area contributed by atoms with Crippen molar-refractivity contribution in [3.05, 3.63) is 54.1 Å². The van der Waals surface area contributed by atoms with Gasteiger partial charge in [-0.05, 0) is 86.8 Å². The monoisotopic (exact) mass is 397 g/mol. The van der Waals surface area contributed by atoms with Crippen LogP contribution in [0.15, 0.2) is 48.5 Å². The van der Waals surface area contributed by atoms with Gasteiger partial charge in [-0.1, -0.05) is 19.1 Å². The SMILES string of the molecule is CCOc1ccc(NC(=S)N[C@H](C)c2ccc(N3CCC[C@H](C)C3)cc2)cc1. The molecule has 28 heavy (non-hydrogen) atoms. The van der Waals surface area contributed by atoms with Gasteiger partial charge >= 0.3 is 0 Å². The molecular formula is C23H31N3OS. The fraction of sp³-hybridized carbons (Fsp3) is 0.435. The van der Waals surface area contributed by atoms with E-state index in [9.17, 15) is 0 Å². The number of rotatable bonds is 6. The summed E-state index contributed by atoms with van der Waals surface area (Å²) in [5.41, 5.74) is 3.49. The number of hydrogen-bond donors (Lipinski definition) is 2. The molecule has 0 amide bonds. The summed E-state index contributed by atoms with van der Waals surface area (Å²) in [5, 5.41) is 7.22. The number of piperidine rings is 1. The highest BCUT2D eigenvalue weighted by atomic mass is 32.1. The van der Waals surface area contributed by atoms with Gasteiger partial charge in [-0.25, -0.2) is 0 Å². The van der Waals surface area contributed by atoms with Crippen molar-refractivity contribution in [3.8, 4) is 5.75 Å². The Labute approximate surface area is 174 Å². The van der Waals surface area contributed by atoms with Crippen molar-refractivity contribution in [1.29, 1.82) is 0 Å². The summed E-state index contributed by atoms with van der Waals surface area (Å²) in [6.45, 7) is 9.43. The fourth-order valence-electron chi connectivity index (χ4n) is 3.65. The predicted octanol–water partition coefficient (Wildman–Crippen LogP) is 5.37. The maximum Gasteiger partial charge on any atom is 0.171 e. The summed E-state index contributed by atoms with van der Waals surface area (Å²) in [7, 11) is 0. The Kier molecular flexibility index (Phi) is 7.15. The van der Waals surface area contributed by atoms with Gasteiger partial charge < -0.3 is 20.3 Å². The first-order chi connectivity index (χ1) is 13.5. The lowest BCUT2D eigenvalue weighted by molar-refractivity contribution is 0.340.